The van der Waals surface area contributed by atoms with Crippen LogP contribution in [0.5, 0.6) is 0 Å². The number of pyridine rings is 1. The SMILES string of the molecule is CC(C)c1ccc(NC(C)c2ccc(F)cn2)cc1. The van der Waals surface area contributed by atoms with Crippen molar-refractivity contribution in [3.8, 4) is 0 Å². The molecule has 1 unspecified atom stereocenters. The van der Waals surface area contributed by atoms with Crippen molar-refractivity contribution in [3.05, 3.63) is 59.7 Å². The number of anilines is 1. The van der Waals surface area contributed by atoms with Gasteiger partial charge in [-0.25, -0.2) is 4.39 Å². The Hall–Kier alpha value is -1.90. The molecule has 1 aromatic heterocycles. The Morgan fingerprint density at radius 3 is 2.21 bits per heavy atom. The third kappa shape index (κ3) is 3.53. The van der Waals surface area contributed by atoms with Gasteiger partial charge in [-0.2, -0.15) is 0 Å². The summed E-state index contributed by atoms with van der Waals surface area (Å²) in [5, 5.41) is 3.36. The van der Waals surface area contributed by atoms with Gasteiger partial charge in [-0.05, 0) is 42.7 Å². The first kappa shape index (κ1) is 13.5. The highest BCUT2D eigenvalue weighted by Gasteiger charge is 2.07. The average molecular weight is 258 g/mol. The second-order valence-electron chi connectivity index (χ2n) is 5.04. The Kier molecular flexibility index (Phi) is 4.15. The number of nitrogens with zero attached hydrogens (tertiary/aromatic N) is 1. The molecule has 0 saturated carbocycles. The molecule has 3 heteroatoms. The van der Waals surface area contributed by atoms with Crippen molar-refractivity contribution in [3.63, 3.8) is 0 Å². The van der Waals surface area contributed by atoms with E-state index in [1.54, 1.807) is 6.07 Å². The maximum atomic E-state index is 12.8. The summed E-state index contributed by atoms with van der Waals surface area (Å²) in [6.07, 6.45) is 1.25. The Bertz CT molecular complexity index is 517. The topological polar surface area (TPSA) is 24.9 Å². The van der Waals surface area contributed by atoms with Crippen LogP contribution in [0.15, 0.2) is 42.6 Å². The lowest BCUT2D eigenvalue weighted by Gasteiger charge is -2.15. The maximum Gasteiger partial charge on any atom is 0.141 e. The molecule has 1 atom stereocenters. The van der Waals surface area contributed by atoms with Crippen molar-refractivity contribution in [1.29, 1.82) is 0 Å². The molecule has 0 spiro atoms. The highest BCUT2D eigenvalue weighted by molar-refractivity contribution is 5.46. The second kappa shape index (κ2) is 5.83. The van der Waals surface area contributed by atoms with Crippen molar-refractivity contribution in [2.45, 2.75) is 32.7 Å². The molecular weight excluding hydrogens is 239 g/mol. The predicted molar refractivity (Wildman–Crippen MR) is 76.8 cm³/mol. The zero-order valence-corrected chi connectivity index (χ0v) is 11.5. The van der Waals surface area contributed by atoms with Gasteiger partial charge in [0.05, 0.1) is 17.9 Å². The number of nitrogens with one attached hydrogen (secondary N) is 1. The molecule has 0 saturated heterocycles. The molecule has 0 aliphatic heterocycles. The van der Waals surface area contributed by atoms with E-state index in [0.717, 1.165) is 11.4 Å². The van der Waals surface area contributed by atoms with Crippen molar-refractivity contribution in [1.82, 2.24) is 4.98 Å². The Morgan fingerprint density at radius 1 is 1.00 bits per heavy atom. The highest BCUT2D eigenvalue weighted by Crippen LogP contribution is 2.21. The number of aromatic nitrogens is 1. The molecular formula is C16H19FN2. The summed E-state index contributed by atoms with van der Waals surface area (Å²) < 4.78 is 12.8. The van der Waals surface area contributed by atoms with Crippen molar-refractivity contribution < 1.29 is 4.39 Å². The van der Waals surface area contributed by atoms with Gasteiger partial charge in [-0.3, -0.25) is 4.98 Å². The molecule has 0 radical (unpaired) electrons. The molecule has 2 rings (SSSR count). The zero-order chi connectivity index (χ0) is 13.8. The van der Waals surface area contributed by atoms with Crippen LogP contribution in [0.4, 0.5) is 10.1 Å². The normalized spacial score (nSPS) is 12.5. The Labute approximate surface area is 113 Å². The lowest BCUT2D eigenvalue weighted by molar-refractivity contribution is 0.617. The average Bonchev–Trinajstić information content (AvgIpc) is 2.40. The fourth-order valence-corrected chi connectivity index (χ4v) is 1.93. The fraction of sp³-hybridized carbons (Fsp3) is 0.312. The molecule has 0 aliphatic carbocycles. The number of hydrogen-bond donors (Lipinski definition) is 1. The number of hydrogen-bond acceptors (Lipinski definition) is 2. The molecule has 2 nitrogen and oxygen atoms in total. The molecule has 0 bridgehead atoms. The van der Waals surface area contributed by atoms with Gasteiger partial charge in [-0.15, -0.1) is 0 Å². The van der Waals surface area contributed by atoms with Crippen LogP contribution in [-0.4, -0.2) is 4.98 Å². The van der Waals surface area contributed by atoms with Gasteiger partial charge in [0.2, 0.25) is 0 Å². The fourth-order valence-electron chi connectivity index (χ4n) is 1.93. The third-order valence-corrected chi connectivity index (χ3v) is 3.15. The van der Waals surface area contributed by atoms with Crippen LogP contribution in [0.25, 0.3) is 0 Å². The van der Waals surface area contributed by atoms with Crippen molar-refractivity contribution >= 4 is 5.69 Å². The third-order valence-electron chi connectivity index (χ3n) is 3.15. The molecule has 0 amide bonds. The first-order valence-corrected chi connectivity index (χ1v) is 6.54. The number of rotatable bonds is 4. The van der Waals surface area contributed by atoms with Gasteiger partial charge >= 0.3 is 0 Å². The number of benzene rings is 1. The summed E-state index contributed by atoms with van der Waals surface area (Å²) in [5.74, 6) is 0.225. The summed E-state index contributed by atoms with van der Waals surface area (Å²) in [6, 6.07) is 11.6. The van der Waals surface area contributed by atoms with E-state index in [4.69, 9.17) is 0 Å². The van der Waals surface area contributed by atoms with E-state index in [2.05, 4.69) is 48.4 Å². The molecule has 1 aromatic carbocycles. The first-order valence-electron chi connectivity index (χ1n) is 6.54. The highest BCUT2D eigenvalue weighted by atomic mass is 19.1. The van der Waals surface area contributed by atoms with Crippen LogP contribution in [0, 0.1) is 5.82 Å². The smallest absolute Gasteiger partial charge is 0.141 e. The van der Waals surface area contributed by atoms with Crippen LogP contribution in [0.2, 0.25) is 0 Å². The largest absolute Gasteiger partial charge is 0.377 e. The molecule has 100 valence electrons. The van der Waals surface area contributed by atoms with Crippen LogP contribution in [0.1, 0.15) is 44.0 Å². The lowest BCUT2D eigenvalue weighted by atomic mass is 10.0. The van der Waals surface area contributed by atoms with Gasteiger partial charge in [0.1, 0.15) is 5.82 Å². The molecule has 0 fully saturated rings. The second-order valence-corrected chi connectivity index (χ2v) is 5.04. The quantitative estimate of drug-likeness (QED) is 0.872. The van der Waals surface area contributed by atoms with E-state index in [9.17, 15) is 4.39 Å². The number of halogens is 1. The van der Waals surface area contributed by atoms with Crippen molar-refractivity contribution in [2.24, 2.45) is 0 Å². The minimum Gasteiger partial charge on any atom is -0.377 e. The van der Waals surface area contributed by atoms with Crippen LogP contribution >= 0.6 is 0 Å². The molecule has 0 aliphatic rings. The summed E-state index contributed by atoms with van der Waals surface area (Å²) in [5.41, 5.74) is 3.19. The predicted octanol–water partition coefficient (Wildman–Crippen LogP) is 4.52. The first-order chi connectivity index (χ1) is 9.06. The summed E-state index contributed by atoms with van der Waals surface area (Å²) >= 11 is 0. The molecule has 1 heterocycles. The van der Waals surface area contributed by atoms with E-state index in [-0.39, 0.29) is 11.9 Å². The lowest BCUT2D eigenvalue weighted by Crippen LogP contribution is -2.08. The van der Waals surface area contributed by atoms with E-state index in [0.29, 0.717) is 5.92 Å². The summed E-state index contributed by atoms with van der Waals surface area (Å²) in [7, 11) is 0. The van der Waals surface area contributed by atoms with E-state index >= 15 is 0 Å². The molecule has 1 N–H and O–H groups in total. The zero-order valence-electron chi connectivity index (χ0n) is 11.5. The van der Waals surface area contributed by atoms with Gasteiger partial charge in [0.25, 0.3) is 0 Å². The Morgan fingerprint density at radius 2 is 1.68 bits per heavy atom. The van der Waals surface area contributed by atoms with Gasteiger partial charge < -0.3 is 5.32 Å². The maximum absolute atomic E-state index is 12.8. The van der Waals surface area contributed by atoms with Gasteiger partial charge in [0, 0.05) is 5.69 Å². The minimum absolute atomic E-state index is 0.0468. The molecule has 2 aromatic rings. The minimum atomic E-state index is -0.308. The van der Waals surface area contributed by atoms with Gasteiger partial charge in [0.15, 0.2) is 0 Å². The Balaban J connectivity index is 2.06. The van der Waals surface area contributed by atoms with Crippen LogP contribution < -0.4 is 5.32 Å². The van der Waals surface area contributed by atoms with E-state index in [1.165, 1.54) is 17.8 Å². The standard InChI is InChI=1S/C16H19FN2/c1-11(2)13-4-7-15(8-5-13)19-12(3)16-9-6-14(17)10-18-16/h4-12,19H,1-3H3. The molecule has 19 heavy (non-hydrogen) atoms. The van der Waals surface area contributed by atoms with Crippen LogP contribution in [-0.2, 0) is 0 Å². The summed E-state index contributed by atoms with van der Waals surface area (Å²) in [4.78, 5) is 4.08. The van der Waals surface area contributed by atoms with E-state index in [1.807, 2.05) is 6.92 Å². The van der Waals surface area contributed by atoms with Gasteiger partial charge in [-0.1, -0.05) is 26.0 Å². The summed E-state index contributed by atoms with van der Waals surface area (Å²) in [6.45, 7) is 6.36. The van der Waals surface area contributed by atoms with Crippen molar-refractivity contribution in [2.75, 3.05) is 5.32 Å². The van der Waals surface area contributed by atoms with E-state index < -0.39 is 0 Å². The monoisotopic (exact) mass is 258 g/mol. The van der Waals surface area contributed by atoms with Crippen LogP contribution in [0.3, 0.4) is 0 Å².